The van der Waals surface area contributed by atoms with E-state index < -0.39 is 6.72 Å². The first-order valence-electron chi connectivity index (χ1n) is 2.42. The molecule has 0 unspecified atom stereocenters. The summed E-state index contributed by atoms with van der Waals surface area (Å²) in [6.07, 6.45) is 0. The molecule has 0 aliphatic carbocycles. The minimum atomic E-state index is -3.65. The maximum absolute atomic E-state index is 8.41. The Hall–Kier alpha value is 0.450. The summed E-state index contributed by atoms with van der Waals surface area (Å²) in [4.78, 5) is 21.1. The van der Waals surface area contributed by atoms with Crippen LogP contribution in [0.2, 0.25) is 0 Å². The second kappa shape index (κ2) is 5.15. The molecule has 0 heterocycles. The third-order valence-corrected chi connectivity index (χ3v) is 1.00. The molecule has 10 heavy (non-hydrogen) atoms. The maximum Gasteiger partial charge on any atom is 0.350 e. The molecule has 0 radical (unpaired) electrons. The van der Waals surface area contributed by atoms with Crippen LogP contribution in [0.1, 0.15) is 0 Å². The average molecular weight is 188 g/mol. The third-order valence-electron chi connectivity index (χ3n) is 0.521. The van der Waals surface area contributed by atoms with Crippen LogP contribution in [0.15, 0.2) is 0 Å². The second-order valence-electron chi connectivity index (χ2n) is 1.38. The van der Waals surface area contributed by atoms with Crippen LogP contribution in [-0.4, -0.2) is 30.1 Å². The zero-order valence-corrected chi connectivity index (χ0v) is 7.10. The van der Waals surface area contributed by atoms with Gasteiger partial charge in [0.25, 0.3) is 0 Å². The Morgan fingerprint density at radius 1 is 1.40 bits per heavy atom. The topological polar surface area (TPSA) is 68.2 Å². The van der Waals surface area contributed by atoms with Crippen LogP contribution >= 0.6 is 6.72 Å². The number of rotatable bonds is 5. The Labute approximate surface area is 63.7 Å². The Kier molecular flexibility index (Phi) is 5.38. The van der Waals surface area contributed by atoms with Gasteiger partial charge in [0, 0.05) is 7.11 Å². The predicted octanol–water partition coefficient (Wildman–Crippen LogP) is -0.210. The number of methoxy groups -OCH3 is 1. The molecular formula is C3H9O5PS. The summed E-state index contributed by atoms with van der Waals surface area (Å²) >= 11 is 4.07. The molecule has 0 saturated carbocycles. The standard InChI is InChI=1S/C3H9O5PS/c1-6-2-3-7-8-9(4,5)10/h2-3H2,1H3,(H2,4,5,10). The quantitative estimate of drug-likeness (QED) is 0.269. The molecule has 0 aliphatic rings. The summed E-state index contributed by atoms with van der Waals surface area (Å²) in [6, 6.07) is 0. The lowest BCUT2D eigenvalue weighted by molar-refractivity contribution is -0.220. The van der Waals surface area contributed by atoms with Crippen molar-refractivity contribution in [1.82, 2.24) is 0 Å². The van der Waals surface area contributed by atoms with E-state index in [0.717, 1.165) is 0 Å². The Morgan fingerprint density at radius 3 is 2.40 bits per heavy atom. The molecule has 0 aliphatic heterocycles. The lowest BCUT2D eigenvalue weighted by Gasteiger charge is -2.05. The molecular weight excluding hydrogens is 179 g/mol. The number of hydrogen-bond donors (Lipinski definition) is 2. The van der Waals surface area contributed by atoms with Gasteiger partial charge in [-0.25, -0.2) is 4.89 Å². The van der Waals surface area contributed by atoms with Gasteiger partial charge in [-0.15, -0.1) is 4.67 Å². The summed E-state index contributed by atoms with van der Waals surface area (Å²) in [5, 5.41) is 0. The van der Waals surface area contributed by atoms with Crippen molar-refractivity contribution in [3.63, 3.8) is 0 Å². The van der Waals surface area contributed by atoms with Crippen LogP contribution < -0.4 is 0 Å². The SMILES string of the molecule is COCCOOP(O)(O)=S. The molecule has 5 nitrogen and oxygen atoms in total. The van der Waals surface area contributed by atoms with Gasteiger partial charge < -0.3 is 14.5 Å². The molecule has 0 bridgehead atoms. The van der Waals surface area contributed by atoms with Gasteiger partial charge in [0.05, 0.1) is 6.61 Å². The van der Waals surface area contributed by atoms with E-state index in [1.54, 1.807) is 0 Å². The van der Waals surface area contributed by atoms with Gasteiger partial charge in [0.15, 0.2) is 0 Å². The molecule has 2 N–H and O–H groups in total. The van der Waals surface area contributed by atoms with E-state index in [9.17, 15) is 0 Å². The van der Waals surface area contributed by atoms with Gasteiger partial charge in [-0.2, -0.15) is 0 Å². The molecule has 0 rings (SSSR count). The van der Waals surface area contributed by atoms with Crippen molar-refractivity contribution < 1.29 is 24.1 Å². The first kappa shape index (κ1) is 10.4. The van der Waals surface area contributed by atoms with E-state index in [1.165, 1.54) is 7.11 Å². The largest absolute Gasteiger partial charge is 0.382 e. The van der Waals surface area contributed by atoms with Crippen LogP contribution in [-0.2, 0) is 26.1 Å². The highest BCUT2D eigenvalue weighted by Crippen LogP contribution is 2.36. The number of hydrogen-bond acceptors (Lipinski definition) is 4. The van der Waals surface area contributed by atoms with Crippen molar-refractivity contribution in [3.8, 4) is 0 Å². The van der Waals surface area contributed by atoms with E-state index in [4.69, 9.17) is 9.79 Å². The van der Waals surface area contributed by atoms with Crippen molar-refractivity contribution in [2.45, 2.75) is 0 Å². The third kappa shape index (κ3) is 8.45. The van der Waals surface area contributed by atoms with Gasteiger partial charge in [-0.1, -0.05) is 0 Å². The van der Waals surface area contributed by atoms with Gasteiger partial charge in [-0.3, -0.25) is 0 Å². The lowest BCUT2D eigenvalue weighted by atomic mass is 10.8. The molecule has 0 aromatic rings. The monoisotopic (exact) mass is 188 g/mol. The molecule has 7 heteroatoms. The van der Waals surface area contributed by atoms with Crippen LogP contribution in [0.25, 0.3) is 0 Å². The van der Waals surface area contributed by atoms with Crippen molar-refractivity contribution in [1.29, 1.82) is 0 Å². The van der Waals surface area contributed by atoms with Crippen molar-refractivity contribution in [2.75, 3.05) is 20.3 Å². The lowest BCUT2D eigenvalue weighted by Crippen LogP contribution is -2.01. The molecule has 0 aromatic carbocycles. The molecule has 0 amide bonds. The first-order valence-corrected chi connectivity index (χ1v) is 5.04. The minimum absolute atomic E-state index is 0.121. The number of ether oxygens (including phenoxy) is 1. The van der Waals surface area contributed by atoms with Gasteiger partial charge in [0.2, 0.25) is 0 Å². The molecule has 0 aromatic heterocycles. The van der Waals surface area contributed by atoms with E-state index in [1.807, 2.05) is 0 Å². The van der Waals surface area contributed by atoms with Crippen LogP contribution in [0.5, 0.6) is 0 Å². The van der Waals surface area contributed by atoms with Crippen molar-refractivity contribution in [3.05, 3.63) is 0 Å². The molecule has 62 valence electrons. The Balaban J connectivity index is 3.13. The van der Waals surface area contributed by atoms with Crippen LogP contribution in [0.4, 0.5) is 0 Å². The van der Waals surface area contributed by atoms with Crippen LogP contribution in [0.3, 0.4) is 0 Å². The van der Waals surface area contributed by atoms with Gasteiger partial charge in [-0.05, 0) is 11.8 Å². The molecule has 0 atom stereocenters. The summed E-state index contributed by atoms with van der Waals surface area (Å²) in [5.74, 6) is 0. The highest BCUT2D eigenvalue weighted by atomic mass is 32.5. The zero-order chi connectivity index (χ0) is 8.04. The van der Waals surface area contributed by atoms with Crippen molar-refractivity contribution >= 4 is 18.5 Å². The smallest absolute Gasteiger partial charge is 0.350 e. The maximum atomic E-state index is 8.41. The summed E-state index contributed by atoms with van der Waals surface area (Å²) in [6.45, 7) is -3.21. The molecule has 0 fully saturated rings. The minimum Gasteiger partial charge on any atom is -0.382 e. The fraction of sp³-hybridized carbons (Fsp3) is 1.00. The zero-order valence-electron chi connectivity index (χ0n) is 5.39. The van der Waals surface area contributed by atoms with Crippen molar-refractivity contribution in [2.24, 2.45) is 0 Å². The predicted molar refractivity (Wildman–Crippen MR) is 37.6 cm³/mol. The first-order chi connectivity index (χ1) is 4.56. The van der Waals surface area contributed by atoms with E-state index in [-0.39, 0.29) is 6.61 Å². The Morgan fingerprint density at radius 2 is 2.00 bits per heavy atom. The Bertz CT molecular complexity index is 122. The second-order valence-corrected chi connectivity index (χ2v) is 3.94. The van der Waals surface area contributed by atoms with E-state index in [2.05, 4.69) is 26.1 Å². The molecule has 0 saturated heterocycles. The fourth-order valence-corrected chi connectivity index (χ4v) is 0.564. The van der Waals surface area contributed by atoms with Gasteiger partial charge in [0.1, 0.15) is 6.61 Å². The van der Waals surface area contributed by atoms with E-state index in [0.29, 0.717) is 6.61 Å². The van der Waals surface area contributed by atoms with Crippen LogP contribution in [0, 0.1) is 0 Å². The summed E-state index contributed by atoms with van der Waals surface area (Å²) in [7, 11) is 1.48. The average Bonchev–Trinajstić information content (AvgIpc) is 1.78. The van der Waals surface area contributed by atoms with Gasteiger partial charge >= 0.3 is 6.72 Å². The highest BCUT2D eigenvalue weighted by molar-refractivity contribution is 8.06. The highest BCUT2D eigenvalue weighted by Gasteiger charge is 2.07. The molecule has 0 spiro atoms. The normalized spacial score (nSPS) is 11.9. The summed E-state index contributed by atoms with van der Waals surface area (Å²) < 4.78 is 8.56. The summed E-state index contributed by atoms with van der Waals surface area (Å²) in [5.41, 5.74) is 0. The van der Waals surface area contributed by atoms with E-state index >= 15 is 0 Å². The fourth-order valence-electron chi connectivity index (χ4n) is 0.223.